The van der Waals surface area contributed by atoms with E-state index in [2.05, 4.69) is 10.1 Å². The molecular formula is C10H12FNO3. The fraction of sp³-hybridized carbons (Fsp3) is 0.300. The minimum absolute atomic E-state index is 0.234. The number of rotatable bonds is 4. The van der Waals surface area contributed by atoms with Crippen LogP contribution in [0, 0.1) is 0 Å². The predicted octanol–water partition coefficient (Wildman–Crippen LogP) is 2.21. The number of carbonyl (C=O) groups excluding carboxylic acids is 1. The van der Waals surface area contributed by atoms with Crippen molar-refractivity contribution < 1.29 is 18.7 Å². The number of amides is 1. The lowest BCUT2D eigenvalue weighted by Crippen LogP contribution is -2.14. The summed E-state index contributed by atoms with van der Waals surface area (Å²) in [5.74, 6) is 0.692. The summed E-state index contributed by atoms with van der Waals surface area (Å²) in [5.41, 5.74) is 0.569. The maximum Gasteiger partial charge on any atom is 0.411 e. The highest BCUT2D eigenvalue weighted by Gasteiger charge is 2.02. The maximum absolute atomic E-state index is 11.7. The van der Waals surface area contributed by atoms with Gasteiger partial charge in [-0.05, 0) is 24.3 Å². The molecule has 1 aromatic carbocycles. The molecule has 1 N–H and O–H groups in total. The van der Waals surface area contributed by atoms with E-state index in [4.69, 9.17) is 4.74 Å². The molecule has 5 heteroatoms. The fourth-order valence-electron chi connectivity index (χ4n) is 0.960. The van der Waals surface area contributed by atoms with E-state index in [-0.39, 0.29) is 6.61 Å². The van der Waals surface area contributed by atoms with Gasteiger partial charge in [0.05, 0.1) is 7.11 Å². The van der Waals surface area contributed by atoms with E-state index >= 15 is 0 Å². The maximum atomic E-state index is 11.7. The van der Waals surface area contributed by atoms with Crippen molar-refractivity contribution in [3.8, 4) is 5.75 Å². The smallest absolute Gasteiger partial charge is 0.411 e. The predicted molar refractivity (Wildman–Crippen MR) is 53.9 cm³/mol. The van der Waals surface area contributed by atoms with Gasteiger partial charge in [0.15, 0.2) is 0 Å². The highest BCUT2D eigenvalue weighted by atomic mass is 19.1. The number of anilines is 1. The number of carbonyl (C=O) groups is 1. The van der Waals surface area contributed by atoms with Gasteiger partial charge in [-0.15, -0.1) is 0 Å². The third-order valence-electron chi connectivity index (χ3n) is 1.65. The van der Waals surface area contributed by atoms with Crippen molar-refractivity contribution in [2.75, 3.05) is 25.7 Å². The zero-order valence-corrected chi connectivity index (χ0v) is 8.33. The Morgan fingerprint density at radius 3 is 2.60 bits per heavy atom. The number of alkyl halides is 1. The van der Waals surface area contributed by atoms with E-state index < -0.39 is 12.8 Å². The van der Waals surface area contributed by atoms with Crippen molar-refractivity contribution in [1.82, 2.24) is 0 Å². The molecular weight excluding hydrogens is 201 g/mol. The van der Waals surface area contributed by atoms with Gasteiger partial charge in [-0.2, -0.15) is 0 Å². The second kappa shape index (κ2) is 5.85. The highest BCUT2D eigenvalue weighted by molar-refractivity contribution is 5.84. The quantitative estimate of drug-likeness (QED) is 0.834. The molecule has 1 aromatic rings. The van der Waals surface area contributed by atoms with Gasteiger partial charge in [-0.3, -0.25) is 5.32 Å². The average Bonchev–Trinajstić information content (AvgIpc) is 2.27. The summed E-state index contributed by atoms with van der Waals surface area (Å²) in [6, 6.07) is 6.72. The molecule has 0 aliphatic carbocycles. The lowest BCUT2D eigenvalue weighted by atomic mass is 10.3. The minimum atomic E-state index is -0.684. The molecule has 0 aliphatic rings. The van der Waals surface area contributed by atoms with E-state index in [1.807, 2.05) is 0 Å². The number of hydrogen-bond donors (Lipinski definition) is 1. The molecule has 82 valence electrons. The first-order chi connectivity index (χ1) is 7.26. The number of methoxy groups -OCH3 is 1. The zero-order chi connectivity index (χ0) is 11.1. The van der Waals surface area contributed by atoms with Crippen molar-refractivity contribution in [3.63, 3.8) is 0 Å². The van der Waals surface area contributed by atoms with Gasteiger partial charge in [0, 0.05) is 5.69 Å². The highest BCUT2D eigenvalue weighted by Crippen LogP contribution is 2.14. The van der Waals surface area contributed by atoms with E-state index in [1.54, 1.807) is 31.4 Å². The van der Waals surface area contributed by atoms with Crippen molar-refractivity contribution >= 4 is 11.8 Å². The Labute approximate surface area is 87.0 Å². The van der Waals surface area contributed by atoms with Crippen LogP contribution < -0.4 is 10.1 Å². The van der Waals surface area contributed by atoms with E-state index in [1.165, 1.54) is 0 Å². The molecule has 15 heavy (non-hydrogen) atoms. The molecule has 1 rings (SSSR count). The van der Waals surface area contributed by atoms with Gasteiger partial charge in [0.1, 0.15) is 19.0 Å². The number of ether oxygens (including phenoxy) is 2. The van der Waals surface area contributed by atoms with Gasteiger partial charge < -0.3 is 9.47 Å². The lowest BCUT2D eigenvalue weighted by Gasteiger charge is -2.05. The zero-order valence-electron chi connectivity index (χ0n) is 8.33. The molecule has 0 spiro atoms. The van der Waals surface area contributed by atoms with E-state index in [0.717, 1.165) is 0 Å². The normalized spacial score (nSPS) is 9.47. The monoisotopic (exact) mass is 213 g/mol. The first kappa shape index (κ1) is 11.3. The van der Waals surface area contributed by atoms with Crippen LogP contribution in [0.2, 0.25) is 0 Å². The standard InChI is InChI=1S/C10H12FNO3/c1-14-9-4-2-8(3-5-9)12-10(13)15-7-6-11/h2-5H,6-7H2,1H3,(H,12,13). The largest absolute Gasteiger partial charge is 0.497 e. The van der Waals surface area contributed by atoms with Crippen molar-refractivity contribution in [2.24, 2.45) is 0 Å². The van der Waals surface area contributed by atoms with Crippen molar-refractivity contribution in [2.45, 2.75) is 0 Å². The van der Waals surface area contributed by atoms with E-state index in [9.17, 15) is 9.18 Å². The van der Waals surface area contributed by atoms with Gasteiger partial charge in [0.25, 0.3) is 0 Å². The Kier molecular flexibility index (Phi) is 4.40. The molecule has 4 nitrogen and oxygen atoms in total. The molecule has 0 aliphatic heterocycles. The minimum Gasteiger partial charge on any atom is -0.497 e. The topological polar surface area (TPSA) is 47.6 Å². The Morgan fingerprint density at radius 1 is 1.40 bits per heavy atom. The number of benzene rings is 1. The third-order valence-corrected chi connectivity index (χ3v) is 1.65. The Hall–Kier alpha value is -1.78. The van der Waals surface area contributed by atoms with E-state index in [0.29, 0.717) is 11.4 Å². The molecule has 0 radical (unpaired) electrons. The van der Waals surface area contributed by atoms with Crippen LogP contribution in [0.15, 0.2) is 24.3 Å². The Morgan fingerprint density at radius 2 is 2.07 bits per heavy atom. The van der Waals surface area contributed by atoms with Gasteiger partial charge >= 0.3 is 6.09 Å². The summed E-state index contributed by atoms with van der Waals surface area (Å²) in [5, 5.41) is 2.44. The summed E-state index contributed by atoms with van der Waals surface area (Å²) >= 11 is 0. The molecule has 0 fully saturated rings. The molecule has 0 bridgehead atoms. The van der Waals surface area contributed by atoms with Crippen LogP contribution in [-0.2, 0) is 4.74 Å². The summed E-state index contributed by atoms with van der Waals surface area (Å²) in [6.07, 6.45) is -0.669. The number of nitrogens with one attached hydrogen (secondary N) is 1. The molecule has 0 atom stereocenters. The summed E-state index contributed by atoms with van der Waals surface area (Å²) < 4.78 is 21.1. The summed E-state index contributed by atoms with van der Waals surface area (Å²) in [7, 11) is 1.55. The van der Waals surface area contributed by atoms with Gasteiger partial charge in [0.2, 0.25) is 0 Å². The fourth-order valence-corrected chi connectivity index (χ4v) is 0.960. The average molecular weight is 213 g/mol. The number of halogens is 1. The molecule has 0 saturated carbocycles. The molecule has 1 amide bonds. The molecule has 0 heterocycles. The van der Waals surface area contributed by atoms with Crippen LogP contribution in [0.3, 0.4) is 0 Å². The lowest BCUT2D eigenvalue weighted by molar-refractivity contribution is 0.152. The first-order valence-electron chi connectivity index (χ1n) is 4.40. The second-order valence-electron chi connectivity index (χ2n) is 2.68. The molecule has 0 saturated heterocycles. The van der Waals surface area contributed by atoms with Gasteiger partial charge in [-0.25, -0.2) is 9.18 Å². The molecule has 0 unspecified atom stereocenters. The second-order valence-corrected chi connectivity index (χ2v) is 2.68. The van der Waals surface area contributed by atoms with Gasteiger partial charge in [-0.1, -0.05) is 0 Å². The van der Waals surface area contributed by atoms with Crippen molar-refractivity contribution in [3.05, 3.63) is 24.3 Å². The third kappa shape index (κ3) is 3.84. The van der Waals surface area contributed by atoms with Crippen LogP contribution in [0.1, 0.15) is 0 Å². The van der Waals surface area contributed by atoms with Crippen LogP contribution in [-0.4, -0.2) is 26.5 Å². The Balaban J connectivity index is 2.46. The first-order valence-corrected chi connectivity index (χ1v) is 4.40. The van der Waals surface area contributed by atoms with Crippen LogP contribution in [0.25, 0.3) is 0 Å². The van der Waals surface area contributed by atoms with Crippen molar-refractivity contribution in [1.29, 1.82) is 0 Å². The van der Waals surface area contributed by atoms with Crippen LogP contribution in [0.5, 0.6) is 5.75 Å². The SMILES string of the molecule is COc1ccc(NC(=O)OCCF)cc1. The molecule has 0 aromatic heterocycles. The summed E-state index contributed by atoms with van der Waals surface area (Å²) in [6.45, 7) is -0.919. The Bertz CT molecular complexity index is 313. The van der Waals surface area contributed by atoms with Crippen LogP contribution in [0.4, 0.5) is 14.9 Å². The number of hydrogen-bond acceptors (Lipinski definition) is 3. The summed E-state index contributed by atoms with van der Waals surface area (Å²) in [4.78, 5) is 11.0. The van der Waals surface area contributed by atoms with Crippen LogP contribution >= 0.6 is 0 Å².